The molecule has 0 saturated carbocycles. The van der Waals surface area contributed by atoms with E-state index >= 15 is 0 Å². The van der Waals surface area contributed by atoms with Crippen LogP contribution < -0.4 is 5.56 Å². The summed E-state index contributed by atoms with van der Waals surface area (Å²) in [4.78, 5) is 24.9. The summed E-state index contributed by atoms with van der Waals surface area (Å²) in [7, 11) is 0. The number of carbonyl (C=O) groups excluding carboxylic acids is 1. The number of rotatable bonds is 4. The molecule has 2 aromatic carbocycles. The van der Waals surface area contributed by atoms with Crippen molar-refractivity contribution in [2.75, 3.05) is 6.61 Å². The molecule has 1 heterocycles. The van der Waals surface area contributed by atoms with E-state index in [1.165, 1.54) is 18.2 Å². The second kappa shape index (κ2) is 7.22. The molecule has 5 nitrogen and oxygen atoms in total. The molecule has 0 saturated heterocycles. The molecule has 140 valence electrons. The number of nitrogens with zero attached hydrogens (tertiary/aromatic N) is 2. The Balaban J connectivity index is 2.11. The second-order valence-corrected chi connectivity index (χ2v) is 5.78. The van der Waals surface area contributed by atoms with Crippen LogP contribution in [0.1, 0.15) is 28.5 Å². The van der Waals surface area contributed by atoms with Crippen molar-refractivity contribution in [2.24, 2.45) is 0 Å². The molecule has 0 aliphatic carbocycles. The topological polar surface area (TPSA) is 61.2 Å². The first-order valence-corrected chi connectivity index (χ1v) is 8.14. The molecule has 0 atom stereocenters. The van der Waals surface area contributed by atoms with E-state index in [-0.39, 0.29) is 29.8 Å². The van der Waals surface area contributed by atoms with Crippen molar-refractivity contribution in [3.63, 3.8) is 0 Å². The summed E-state index contributed by atoms with van der Waals surface area (Å²) in [6.07, 6.45) is -4.49. The van der Waals surface area contributed by atoms with Gasteiger partial charge in [0.05, 0.1) is 24.1 Å². The maximum Gasteiger partial charge on any atom is 0.416 e. The summed E-state index contributed by atoms with van der Waals surface area (Å²) in [5.41, 5.74) is -1.14. The molecule has 3 aromatic rings. The standard InChI is InChI=1S/C19H15F3N2O3/c1-2-27-18(26)16-14-8-3-4-9-15(14)17(25)24(23-16)11-12-6-5-7-13(10-12)19(20,21)22/h3-10H,2,11H2,1H3. The highest BCUT2D eigenvalue weighted by atomic mass is 19.4. The monoisotopic (exact) mass is 376 g/mol. The molecule has 0 spiro atoms. The quantitative estimate of drug-likeness (QED) is 0.653. The number of halogens is 3. The molecule has 1 aromatic heterocycles. The van der Waals surface area contributed by atoms with Crippen LogP contribution in [0.2, 0.25) is 0 Å². The minimum absolute atomic E-state index is 0.0565. The Morgan fingerprint density at radius 1 is 1.11 bits per heavy atom. The van der Waals surface area contributed by atoms with Gasteiger partial charge in [0.2, 0.25) is 0 Å². The van der Waals surface area contributed by atoms with Crippen LogP contribution >= 0.6 is 0 Å². The first-order chi connectivity index (χ1) is 12.8. The van der Waals surface area contributed by atoms with Gasteiger partial charge in [-0.25, -0.2) is 9.48 Å². The summed E-state index contributed by atoms with van der Waals surface area (Å²) < 4.78 is 44.7. The maximum absolute atomic E-state index is 12.9. The number of alkyl halides is 3. The van der Waals surface area contributed by atoms with Gasteiger partial charge in [0.15, 0.2) is 5.69 Å². The second-order valence-electron chi connectivity index (χ2n) is 5.78. The van der Waals surface area contributed by atoms with Crippen LogP contribution in [0.5, 0.6) is 0 Å². The molecular formula is C19H15F3N2O3. The Bertz CT molecular complexity index is 1060. The predicted molar refractivity (Wildman–Crippen MR) is 92.5 cm³/mol. The van der Waals surface area contributed by atoms with Gasteiger partial charge in [-0.05, 0) is 30.7 Å². The summed E-state index contributed by atoms with van der Waals surface area (Å²) in [5, 5.41) is 4.63. The smallest absolute Gasteiger partial charge is 0.416 e. The van der Waals surface area contributed by atoms with Gasteiger partial charge in [-0.2, -0.15) is 18.3 Å². The lowest BCUT2D eigenvalue weighted by atomic mass is 10.1. The zero-order valence-electron chi connectivity index (χ0n) is 14.3. The molecule has 0 radical (unpaired) electrons. The van der Waals surface area contributed by atoms with Gasteiger partial charge in [-0.15, -0.1) is 0 Å². The zero-order chi connectivity index (χ0) is 19.6. The van der Waals surface area contributed by atoms with Crippen molar-refractivity contribution in [1.29, 1.82) is 0 Å². The highest BCUT2D eigenvalue weighted by Crippen LogP contribution is 2.29. The van der Waals surface area contributed by atoms with Crippen molar-refractivity contribution >= 4 is 16.7 Å². The van der Waals surface area contributed by atoms with Crippen LogP contribution in [0, 0.1) is 0 Å². The van der Waals surface area contributed by atoms with Crippen molar-refractivity contribution in [1.82, 2.24) is 9.78 Å². The fraction of sp³-hybridized carbons (Fsp3) is 0.211. The van der Waals surface area contributed by atoms with Crippen LogP contribution in [0.15, 0.2) is 53.3 Å². The molecule has 3 rings (SSSR count). The third kappa shape index (κ3) is 3.84. The Hall–Kier alpha value is -3.16. The number of fused-ring (bicyclic) bond motifs is 1. The van der Waals surface area contributed by atoms with Crippen LogP contribution in [-0.4, -0.2) is 22.4 Å². The van der Waals surface area contributed by atoms with Crippen molar-refractivity contribution < 1.29 is 22.7 Å². The van der Waals surface area contributed by atoms with E-state index in [9.17, 15) is 22.8 Å². The van der Waals surface area contributed by atoms with E-state index in [2.05, 4.69) is 5.10 Å². The molecule has 0 bridgehead atoms. The fourth-order valence-corrected chi connectivity index (χ4v) is 2.71. The number of benzene rings is 2. The summed E-state index contributed by atoms with van der Waals surface area (Å²) in [6.45, 7) is 1.56. The average Bonchev–Trinajstić information content (AvgIpc) is 2.64. The minimum Gasteiger partial charge on any atom is -0.461 e. The lowest BCUT2D eigenvalue weighted by Crippen LogP contribution is -2.27. The zero-order valence-corrected chi connectivity index (χ0v) is 14.3. The number of esters is 1. The Morgan fingerprint density at radius 2 is 1.81 bits per heavy atom. The molecular weight excluding hydrogens is 361 g/mol. The van der Waals surface area contributed by atoms with Crippen molar-refractivity contribution in [3.8, 4) is 0 Å². The average molecular weight is 376 g/mol. The van der Waals surface area contributed by atoms with Gasteiger partial charge in [0.1, 0.15) is 0 Å². The van der Waals surface area contributed by atoms with E-state index in [0.29, 0.717) is 5.39 Å². The lowest BCUT2D eigenvalue weighted by molar-refractivity contribution is -0.137. The first kappa shape index (κ1) is 18.6. The van der Waals surface area contributed by atoms with Gasteiger partial charge in [-0.3, -0.25) is 4.79 Å². The molecule has 27 heavy (non-hydrogen) atoms. The van der Waals surface area contributed by atoms with Gasteiger partial charge >= 0.3 is 12.1 Å². The van der Waals surface area contributed by atoms with E-state index < -0.39 is 23.3 Å². The van der Waals surface area contributed by atoms with E-state index in [4.69, 9.17) is 4.74 Å². The van der Waals surface area contributed by atoms with Crippen LogP contribution in [0.3, 0.4) is 0 Å². The summed E-state index contributed by atoms with van der Waals surface area (Å²) in [5.74, 6) is -0.702. The van der Waals surface area contributed by atoms with Gasteiger partial charge in [0, 0.05) is 5.39 Å². The Labute approximate surface area is 152 Å². The number of aromatic nitrogens is 2. The van der Waals surface area contributed by atoms with E-state index in [0.717, 1.165) is 16.8 Å². The molecule has 0 aliphatic rings. The molecule has 0 fully saturated rings. The van der Waals surface area contributed by atoms with Crippen LogP contribution in [-0.2, 0) is 17.5 Å². The van der Waals surface area contributed by atoms with Gasteiger partial charge < -0.3 is 4.74 Å². The molecule has 0 aliphatic heterocycles. The Morgan fingerprint density at radius 3 is 2.48 bits per heavy atom. The molecule has 8 heteroatoms. The van der Waals surface area contributed by atoms with Crippen molar-refractivity contribution in [2.45, 2.75) is 19.6 Å². The third-order valence-corrected chi connectivity index (χ3v) is 3.92. The number of hydrogen-bond acceptors (Lipinski definition) is 4. The normalized spacial score (nSPS) is 11.6. The highest BCUT2D eigenvalue weighted by Gasteiger charge is 2.30. The van der Waals surface area contributed by atoms with E-state index in [1.54, 1.807) is 25.1 Å². The van der Waals surface area contributed by atoms with E-state index in [1.807, 2.05) is 0 Å². The van der Waals surface area contributed by atoms with Gasteiger partial charge in [0.25, 0.3) is 5.56 Å². The SMILES string of the molecule is CCOC(=O)c1nn(Cc2cccc(C(F)(F)F)c2)c(=O)c2ccccc12. The van der Waals surface area contributed by atoms with Gasteiger partial charge in [-0.1, -0.05) is 30.3 Å². The molecule has 0 unspecified atom stereocenters. The number of hydrogen-bond donors (Lipinski definition) is 0. The summed E-state index contributed by atoms with van der Waals surface area (Å²) >= 11 is 0. The molecule has 0 N–H and O–H groups in total. The predicted octanol–water partition coefficient (Wildman–Crippen LogP) is 3.64. The fourth-order valence-electron chi connectivity index (χ4n) is 2.71. The van der Waals surface area contributed by atoms with Crippen molar-refractivity contribution in [3.05, 3.63) is 75.7 Å². The number of ether oxygens (including phenoxy) is 1. The lowest BCUT2D eigenvalue weighted by Gasteiger charge is -2.12. The minimum atomic E-state index is -4.49. The van der Waals surface area contributed by atoms with Crippen LogP contribution in [0.4, 0.5) is 13.2 Å². The maximum atomic E-state index is 12.9. The highest BCUT2D eigenvalue weighted by molar-refractivity contribution is 6.02. The third-order valence-electron chi connectivity index (χ3n) is 3.92. The summed E-state index contributed by atoms with van der Waals surface area (Å²) in [6, 6.07) is 11.0. The van der Waals surface area contributed by atoms with Crippen LogP contribution in [0.25, 0.3) is 10.8 Å². The number of carbonyl (C=O) groups is 1. The molecule has 0 amide bonds. The largest absolute Gasteiger partial charge is 0.461 e. The Kier molecular flexibility index (Phi) is 4.98. The first-order valence-electron chi connectivity index (χ1n) is 8.14.